The van der Waals surface area contributed by atoms with Crippen LogP contribution in [-0.2, 0) is 16.8 Å². The van der Waals surface area contributed by atoms with Gasteiger partial charge in [-0.05, 0) is 30.7 Å². The molecule has 102 valence electrons. The van der Waals surface area contributed by atoms with Crippen LogP contribution in [0.5, 0.6) is 0 Å². The van der Waals surface area contributed by atoms with Crippen LogP contribution in [0.1, 0.15) is 25.8 Å². The lowest BCUT2D eigenvalue weighted by Gasteiger charge is -2.09. The Balaban J connectivity index is 2.64. The van der Waals surface area contributed by atoms with E-state index in [1.165, 1.54) is 0 Å². The van der Waals surface area contributed by atoms with Crippen molar-refractivity contribution < 1.29 is 8.42 Å². The molecule has 0 radical (unpaired) electrons. The predicted octanol–water partition coefficient (Wildman–Crippen LogP) is 1.45. The molecule has 18 heavy (non-hydrogen) atoms. The second-order valence-corrected chi connectivity index (χ2v) is 5.48. The fourth-order valence-electron chi connectivity index (χ4n) is 1.54. The average molecular weight is 271 g/mol. The van der Waals surface area contributed by atoms with Gasteiger partial charge in [0.2, 0.25) is 0 Å². The normalized spacial score (nSPS) is 11.4. The minimum atomic E-state index is -3.45. The van der Waals surface area contributed by atoms with E-state index in [2.05, 4.69) is 21.7 Å². The Bertz CT molecular complexity index is 460. The van der Waals surface area contributed by atoms with E-state index in [9.17, 15) is 8.42 Å². The number of benzene rings is 1. The quantitative estimate of drug-likeness (QED) is 0.627. The molecule has 0 heterocycles. The number of anilines is 1. The van der Waals surface area contributed by atoms with E-state index >= 15 is 0 Å². The van der Waals surface area contributed by atoms with E-state index in [1.54, 1.807) is 13.0 Å². The highest BCUT2D eigenvalue weighted by molar-refractivity contribution is 7.90. The summed E-state index contributed by atoms with van der Waals surface area (Å²) in [5.74, 6) is 0. The number of hydrogen-bond donors (Lipinski definition) is 3. The van der Waals surface area contributed by atoms with Crippen molar-refractivity contribution in [3.63, 3.8) is 0 Å². The van der Waals surface area contributed by atoms with Crippen LogP contribution in [0.3, 0.4) is 0 Å². The average Bonchev–Trinajstić information content (AvgIpc) is 2.29. The highest BCUT2D eigenvalue weighted by atomic mass is 32.2. The van der Waals surface area contributed by atoms with E-state index in [1.807, 2.05) is 18.2 Å². The minimum Gasteiger partial charge on any atom is -0.313 e. The third-order valence-electron chi connectivity index (χ3n) is 2.27. The Labute approximate surface area is 109 Å². The van der Waals surface area contributed by atoms with E-state index < -0.39 is 10.2 Å². The molecule has 1 rings (SSSR count). The lowest BCUT2D eigenvalue weighted by atomic mass is 10.2. The molecule has 0 saturated carbocycles. The van der Waals surface area contributed by atoms with Crippen LogP contribution in [-0.4, -0.2) is 21.5 Å². The smallest absolute Gasteiger partial charge is 0.299 e. The Kier molecular flexibility index (Phi) is 6.11. The van der Waals surface area contributed by atoms with Crippen LogP contribution < -0.4 is 14.8 Å². The van der Waals surface area contributed by atoms with E-state index in [-0.39, 0.29) is 0 Å². The maximum atomic E-state index is 11.5. The zero-order chi connectivity index (χ0) is 13.4. The molecular formula is C12H21N3O2S. The molecule has 0 saturated heterocycles. The van der Waals surface area contributed by atoms with Crippen molar-refractivity contribution in [2.45, 2.75) is 26.8 Å². The summed E-state index contributed by atoms with van der Waals surface area (Å²) in [6.07, 6.45) is 1.08. The maximum Gasteiger partial charge on any atom is 0.299 e. The standard InChI is InChI=1S/C12H21N3O2S/c1-3-8-13-10-11-6-5-7-12(9-11)15-18(16,17)14-4-2/h5-7,9,13-15H,3-4,8,10H2,1-2H3. The summed E-state index contributed by atoms with van der Waals surface area (Å²) in [5.41, 5.74) is 1.63. The summed E-state index contributed by atoms with van der Waals surface area (Å²) in [5, 5.41) is 3.27. The highest BCUT2D eigenvalue weighted by Crippen LogP contribution is 2.11. The number of nitrogens with one attached hydrogen (secondary N) is 3. The second kappa shape index (κ2) is 7.35. The molecule has 6 heteroatoms. The zero-order valence-corrected chi connectivity index (χ0v) is 11.7. The van der Waals surface area contributed by atoms with Gasteiger partial charge in [-0.25, -0.2) is 0 Å². The third kappa shape index (κ3) is 5.48. The van der Waals surface area contributed by atoms with Crippen LogP contribution in [0, 0.1) is 0 Å². The third-order valence-corrected chi connectivity index (χ3v) is 3.44. The maximum absolute atomic E-state index is 11.5. The zero-order valence-electron chi connectivity index (χ0n) is 10.9. The molecule has 0 spiro atoms. The molecule has 1 aromatic rings. The van der Waals surface area contributed by atoms with Crippen LogP contribution >= 0.6 is 0 Å². The lowest BCUT2D eigenvalue weighted by Crippen LogP contribution is -2.29. The van der Waals surface area contributed by atoms with Gasteiger partial charge in [-0.3, -0.25) is 4.72 Å². The molecule has 0 fully saturated rings. The molecule has 0 aliphatic carbocycles. The SMILES string of the molecule is CCCNCc1cccc(NS(=O)(=O)NCC)c1. The van der Waals surface area contributed by atoms with Gasteiger partial charge in [-0.15, -0.1) is 0 Å². The van der Waals surface area contributed by atoms with Crippen molar-refractivity contribution in [1.82, 2.24) is 10.0 Å². The van der Waals surface area contributed by atoms with Crippen LogP contribution in [0.2, 0.25) is 0 Å². The molecule has 0 atom stereocenters. The summed E-state index contributed by atoms with van der Waals surface area (Å²) in [4.78, 5) is 0. The minimum absolute atomic E-state index is 0.368. The van der Waals surface area contributed by atoms with Crippen molar-refractivity contribution in [2.75, 3.05) is 17.8 Å². The first-order valence-corrected chi connectivity index (χ1v) is 7.62. The topological polar surface area (TPSA) is 70.2 Å². The highest BCUT2D eigenvalue weighted by Gasteiger charge is 2.07. The van der Waals surface area contributed by atoms with Crippen LogP contribution in [0.15, 0.2) is 24.3 Å². The summed E-state index contributed by atoms with van der Waals surface area (Å²) < 4.78 is 27.9. The first-order chi connectivity index (χ1) is 8.57. The van der Waals surface area contributed by atoms with Crippen LogP contribution in [0.25, 0.3) is 0 Å². The molecule has 0 aromatic heterocycles. The molecule has 0 unspecified atom stereocenters. The predicted molar refractivity (Wildman–Crippen MR) is 74.7 cm³/mol. The molecule has 0 amide bonds. The van der Waals surface area contributed by atoms with Crippen molar-refractivity contribution in [3.8, 4) is 0 Å². The van der Waals surface area contributed by atoms with Gasteiger partial charge >= 0.3 is 0 Å². The number of rotatable bonds is 8. The molecule has 0 aliphatic rings. The molecule has 5 nitrogen and oxygen atoms in total. The molecule has 1 aromatic carbocycles. The fourth-order valence-corrected chi connectivity index (χ4v) is 2.43. The Morgan fingerprint density at radius 3 is 2.67 bits per heavy atom. The van der Waals surface area contributed by atoms with Gasteiger partial charge in [0, 0.05) is 13.1 Å². The Hall–Kier alpha value is -1.11. The van der Waals surface area contributed by atoms with Gasteiger partial charge in [-0.1, -0.05) is 26.0 Å². The summed E-state index contributed by atoms with van der Waals surface area (Å²) in [7, 11) is -3.45. The Morgan fingerprint density at radius 1 is 1.22 bits per heavy atom. The monoisotopic (exact) mass is 271 g/mol. The summed E-state index contributed by atoms with van der Waals surface area (Å²) in [6, 6.07) is 7.37. The van der Waals surface area contributed by atoms with Gasteiger partial charge < -0.3 is 5.32 Å². The summed E-state index contributed by atoms with van der Waals surface area (Å²) >= 11 is 0. The second-order valence-electron chi connectivity index (χ2n) is 3.98. The van der Waals surface area contributed by atoms with Crippen LogP contribution in [0.4, 0.5) is 5.69 Å². The molecule has 0 bridgehead atoms. The van der Waals surface area contributed by atoms with Crippen molar-refractivity contribution in [1.29, 1.82) is 0 Å². The van der Waals surface area contributed by atoms with E-state index in [0.29, 0.717) is 12.2 Å². The van der Waals surface area contributed by atoms with E-state index in [0.717, 1.165) is 25.1 Å². The molecule has 3 N–H and O–H groups in total. The lowest BCUT2D eigenvalue weighted by molar-refractivity contribution is 0.589. The van der Waals surface area contributed by atoms with Gasteiger partial charge in [0.05, 0.1) is 5.69 Å². The Morgan fingerprint density at radius 2 is 2.00 bits per heavy atom. The van der Waals surface area contributed by atoms with Crippen molar-refractivity contribution in [2.24, 2.45) is 0 Å². The fraction of sp³-hybridized carbons (Fsp3) is 0.500. The van der Waals surface area contributed by atoms with Gasteiger partial charge in [-0.2, -0.15) is 13.1 Å². The van der Waals surface area contributed by atoms with Crippen molar-refractivity contribution >= 4 is 15.9 Å². The number of hydrogen-bond acceptors (Lipinski definition) is 3. The molecule has 0 aliphatic heterocycles. The van der Waals surface area contributed by atoms with Gasteiger partial charge in [0.15, 0.2) is 0 Å². The first-order valence-electron chi connectivity index (χ1n) is 6.14. The first kappa shape index (κ1) is 14.9. The van der Waals surface area contributed by atoms with E-state index in [4.69, 9.17) is 0 Å². The summed E-state index contributed by atoms with van der Waals surface area (Å²) in [6.45, 7) is 5.91. The largest absolute Gasteiger partial charge is 0.313 e. The van der Waals surface area contributed by atoms with Gasteiger partial charge in [0.25, 0.3) is 10.2 Å². The van der Waals surface area contributed by atoms with Gasteiger partial charge in [0.1, 0.15) is 0 Å². The molecular weight excluding hydrogens is 250 g/mol. The van der Waals surface area contributed by atoms with Crippen molar-refractivity contribution in [3.05, 3.63) is 29.8 Å².